The number of carbonyl (C=O) groups is 1. The summed E-state index contributed by atoms with van der Waals surface area (Å²) in [4.78, 5) is 14.4. The SMILES string of the molecule is CC(C)C1CCCN1C(=O)c1cc(S(N)(=O)=O)cn1C. The number of sulfonamides is 1. The fourth-order valence-electron chi connectivity index (χ4n) is 2.79. The summed E-state index contributed by atoms with van der Waals surface area (Å²) in [5.41, 5.74) is 0.363. The summed E-state index contributed by atoms with van der Waals surface area (Å²) in [5, 5.41) is 5.10. The second-order valence-electron chi connectivity index (χ2n) is 5.67. The Morgan fingerprint density at radius 3 is 2.60 bits per heavy atom. The van der Waals surface area contributed by atoms with Crippen molar-refractivity contribution in [3.05, 3.63) is 18.0 Å². The topological polar surface area (TPSA) is 85.4 Å². The molecule has 2 heterocycles. The lowest BCUT2D eigenvalue weighted by Crippen LogP contribution is -2.39. The summed E-state index contributed by atoms with van der Waals surface area (Å²) in [6.45, 7) is 4.91. The first-order valence-electron chi connectivity index (χ1n) is 6.72. The molecule has 0 aliphatic carbocycles. The number of aryl methyl sites for hydroxylation is 1. The molecule has 1 fully saturated rings. The summed E-state index contributed by atoms with van der Waals surface area (Å²) in [6.07, 6.45) is 3.36. The molecule has 0 saturated carbocycles. The Morgan fingerprint density at radius 2 is 2.10 bits per heavy atom. The molecule has 6 nitrogen and oxygen atoms in total. The first kappa shape index (κ1) is 15.1. The highest BCUT2D eigenvalue weighted by Crippen LogP contribution is 2.26. The molecule has 1 atom stereocenters. The van der Waals surface area contributed by atoms with Gasteiger partial charge in [0.1, 0.15) is 10.6 Å². The zero-order valence-electron chi connectivity index (χ0n) is 12.0. The molecule has 1 aliphatic heterocycles. The third-order valence-electron chi connectivity index (χ3n) is 3.86. The maximum atomic E-state index is 12.6. The lowest BCUT2D eigenvalue weighted by molar-refractivity contribution is 0.0692. The van der Waals surface area contributed by atoms with Crippen LogP contribution in [0.3, 0.4) is 0 Å². The predicted molar refractivity (Wildman–Crippen MR) is 75.7 cm³/mol. The van der Waals surface area contributed by atoms with Crippen LogP contribution in [0.25, 0.3) is 0 Å². The zero-order chi connectivity index (χ0) is 15.1. The number of hydrogen-bond donors (Lipinski definition) is 1. The Bertz CT molecular complexity index is 619. The lowest BCUT2D eigenvalue weighted by atomic mass is 10.0. The van der Waals surface area contributed by atoms with E-state index in [0.29, 0.717) is 11.6 Å². The molecule has 0 spiro atoms. The molecule has 0 bridgehead atoms. The van der Waals surface area contributed by atoms with Crippen LogP contribution in [0.4, 0.5) is 0 Å². The average molecular weight is 299 g/mol. The van der Waals surface area contributed by atoms with Crippen LogP contribution >= 0.6 is 0 Å². The van der Waals surface area contributed by atoms with Gasteiger partial charge in [0.25, 0.3) is 5.91 Å². The van der Waals surface area contributed by atoms with E-state index in [1.807, 2.05) is 4.90 Å². The lowest BCUT2D eigenvalue weighted by Gasteiger charge is -2.27. The normalized spacial score (nSPS) is 19.9. The molecule has 20 heavy (non-hydrogen) atoms. The molecule has 2 rings (SSSR count). The molecular formula is C13H21N3O3S. The quantitative estimate of drug-likeness (QED) is 0.901. The number of carbonyl (C=O) groups excluding carboxylic acids is 1. The van der Waals surface area contributed by atoms with Crippen LogP contribution < -0.4 is 5.14 Å². The maximum absolute atomic E-state index is 12.6. The van der Waals surface area contributed by atoms with Gasteiger partial charge in [-0.3, -0.25) is 4.79 Å². The number of primary sulfonamides is 1. The molecule has 1 amide bonds. The molecule has 0 aromatic carbocycles. The summed E-state index contributed by atoms with van der Waals surface area (Å²) >= 11 is 0. The van der Waals surface area contributed by atoms with E-state index in [1.165, 1.54) is 16.8 Å². The van der Waals surface area contributed by atoms with Crippen LogP contribution in [0, 0.1) is 5.92 Å². The number of nitrogens with two attached hydrogens (primary N) is 1. The predicted octanol–water partition coefficient (Wildman–Crippen LogP) is 0.933. The van der Waals surface area contributed by atoms with Crippen molar-refractivity contribution in [2.24, 2.45) is 18.1 Å². The Labute approximate surface area is 119 Å². The van der Waals surface area contributed by atoms with Gasteiger partial charge in [0.05, 0.1) is 0 Å². The van der Waals surface area contributed by atoms with E-state index in [1.54, 1.807) is 7.05 Å². The molecule has 1 saturated heterocycles. The van der Waals surface area contributed by atoms with Gasteiger partial charge >= 0.3 is 0 Å². The average Bonchev–Trinajstić information content (AvgIpc) is 2.92. The van der Waals surface area contributed by atoms with Crippen molar-refractivity contribution in [2.45, 2.75) is 37.6 Å². The van der Waals surface area contributed by atoms with Crippen molar-refractivity contribution in [3.8, 4) is 0 Å². The minimum absolute atomic E-state index is 0.0244. The van der Waals surface area contributed by atoms with Gasteiger partial charge in [0, 0.05) is 25.8 Å². The Hall–Kier alpha value is -1.34. The van der Waals surface area contributed by atoms with Gasteiger partial charge in [-0.1, -0.05) is 13.8 Å². The monoisotopic (exact) mass is 299 g/mol. The minimum atomic E-state index is -3.78. The third kappa shape index (κ3) is 2.73. The molecular weight excluding hydrogens is 278 g/mol. The number of hydrogen-bond acceptors (Lipinski definition) is 3. The van der Waals surface area contributed by atoms with Crippen molar-refractivity contribution in [1.29, 1.82) is 0 Å². The van der Waals surface area contributed by atoms with Crippen LogP contribution in [-0.2, 0) is 17.1 Å². The van der Waals surface area contributed by atoms with Crippen molar-refractivity contribution in [3.63, 3.8) is 0 Å². The summed E-state index contributed by atoms with van der Waals surface area (Å²) in [7, 11) is -2.13. The molecule has 1 aromatic heterocycles. The molecule has 1 aliphatic rings. The van der Waals surface area contributed by atoms with Crippen LogP contribution in [0.2, 0.25) is 0 Å². The fourth-order valence-corrected chi connectivity index (χ4v) is 3.37. The summed E-state index contributed by atoms with van der Waals surface area (Å²) < 4.78 is 24.2. The number of likely N-dealkylation sites (tertiary alicyclic amines) is 1. The van der Waals surface area contributed by atoms with Crippen molar-refractivity contribution in [2.75, 3.05) is 6.54 Å². The van der Waals surface area contributed by atoms with Gasteiger partial charge in [0.15, 0.2) is 0 Å². The highest BCUT2D eigenvalue weighted by atomic mass is 32.2. The molecule has 1 aromatic rings. The van der Waals surface area contributed by atoms with Crippen molar-refractivity contribution >= 4 is 15.9 Å². The van der Waals surface area contributed by atoms with E-state index in [0.717, 1.165) is 19.4 Å². The van der Waals surface area contributed by atoms with E-state index < -0.39 is 10.0 Å². The number of aromatic nitrogens is 1. The van der Waals surface area contributed by atoms with Gasteiger partial charge in [-0.05, 0) is 24.8 Å². The smallest absolute Gasteiger partial charge is 0.270 e. The van der Waals surface area contributed by atoms with E-state index in [4.69, 9.17) is 5.14 Å². The van der Waals surface area contributed by atoms with Crippen LogP contribution in [0.5, 0.6) is 0 Å². The molecule has 1 unspecified atom stereocenters. The zero-order valence-corrected chi connectivity index (χ0v) is 12.9. The van der Waals surface area contributed by atoms with Gasteiger partial charge in [-0.2, -0.15) is 0 Å². The second-order valence-corrected chi connectivity index (χ2v) is 7.23. The van der Waals surface area contributed by atoms with Crippen molar-refractivity contribution < 1.29 is 13.2 Å². The highest BCUT2D eigenvalue weighted by Gasteiger charge is 2.32. The van der Waals surface area contributed by atoms with Crippen LogP contribution in [0.15, 0.2) is 17.2 Å². The van der Waals surface area contributed by atoms with E-state index in [2.05, 4.69) is 13.8 Å². The van der Waals surface area contributed by atoms with Gasteiger partial charge < -0.3 is 9.47 Å². The first-order valence-corrected chi connectivity index (χ1v) is 8.26. The van der Waals surface area contributed by atoms with E-state index >= 15 is 0 Å². The van der Waals surface area contributed by atoms with Crippen molar-refractivity contribution in [1.82, 2.24) is 9.47 Å². The minimum Gasteiger partial charge on any atom is -0.345 e. The second kappa shape index (κ2) is 5.21. The Morgan fingerprint density at radius 1 is 1.45 bits per heavy atom. The highest BCUT2D eigenvalue weighted by molar-refractivity contribution is 7.89. The van der Waals surface area contributed by atoms with E-state index in [9.17, 15) is 13.2 Å². The van der Waals surface area contributed by atoms with Gasteiger partial charge in [-0.25, -0.2) is 13.6 Å². The largest absolute Gasteiger partial charge is 0.345 e. The molecule has 7 heteroatoms. The number of rotatable bonds is 3. The van der Waals surface area contributed by atoms with Crippen LogP contribution in [0.1, 0.15) is 37.2 Å². The van der Waals surface area contributed by atoms with Gasteiger partial charge in [-0.15, -0.1) is 0 Å². The maximum Gasteiger partial charge on any atom is 0.270 e. The standard InChI is InChI=1S/C13H21N3O3S/c1-9(2)11-5-4-6-16(11)13(17)12-7-10(8-15(12)3)20(14,18)19/h7-9,11H,4-6H2,1-3H3,(H2,14,18,19). The van der Waals surface area contributed by atoms with E-state index in [-0.39, 0.29) is 16.8 Å². The summed E-state index contributed by atoms with van der Waals surface area (Å²) in [5.74, 6) is 0.262. The summed E-state index contributed by atoms with van der Waals surface area (Å²) in [6, 6.07) is 1.57. The first-order chi connectivity index (χ1) is 9.21. The molecule has 112 valence electrons. The third-order valence-corrected chi connectivity index (χ3v) is 4.74. The Kier molecular flexibility index (Phi) is 3.93. The Balaban J connectivity index is 2.32. The molecule has 2 N–H and O–H groups in total. The molecule has 0 radical (unpaired) electrons. The number of nitrogens with zero attached hydrogens (tertiary/aromatic N) is 2. The fraction of sp³-hybridized carbons (Fsp3) is 0.615. The van der Waals surface area contributed by atoms with Gasteiger partial charge in [0.2, 0.25) is 10.0 Å². The van der Waals surface area contributed by atoms with Crippen LogP contribution in [-0.4, -0.2) is 36.4 Å². The number of amides is 1.